The van der Waals surface area contributed by atoms with E-state index >= 15 is 0 Å². The SMILES string of the molecule is COc1ccc(NC(=O)C(C#N)=Cc2cnc3ccc(Br)cn23)cc1Cl. The third-order valence-electron chi connectivity index (χ3n) is 3.57. The fraction of sp³-hybridized carbons (Fsp3) is 0.0556. The van der Waals surface area contributed by atoms with Gasteiger partial charge in [0.15, 0.2) is 0 Å². The van der Waals surface area contributed by atoms with E-state index in [4.69, 9.17) is 16.3 Å². The lowest BCUT2D eigenvalue weighted by atomic mass is 10.2. The maximum atomic E-state index is 12.4. The minimum absolute atomic E-state index is 0.0567. The summed E-state index contributed by atoms with van der Waals surface area (Å²) in [7, 11) is 1.50. The van der Waals surface area contributed by atoms with Gasteiger partial charge in [0.1, 0.15) is 23.0 Å². The highest BCUT2D eigenvalue weighted by Crippen LogP contribution is 2.27. The summed E-state index contributed by atoms with van der Waals surface area (Å²) in [4.78, 5) is 16.7. The van der Waals surface area contributed by atoms with Crippen LogP contribution in [0, 0.1) is 11.3 Å². The number of aromatic nitrogens is 2. The Morgan fingerprint density at radius 3 is 2.92 bits per heavy atom. The molecule has 0 aliphatic rings. The van der Waals surface area contributed by atoms with Crippen LogP contribution in [0.15, 0.2) is 52.8 Å². The van der Waals surface area contributed by atoms with Gasteiger partial charge >= 0.3 is 0 Å². The number of ether oxygens (including phenoxy) is 1. The van der Waals surface area contributed by atoms with E-state index in [-0.39, 0.29) is 5.57 Å². The lowest BCUT2D eigenvalue weighted by Gasteiger charge is -2.07. The number of halogens is 2. The second kappa shape index (κ2) is 7.60. The number of hydrogen-bond donors (Lipinski definition) is 1. The van der Waals surface area contributed by atoms with Crippen molar-refractivity contribution in [3.05, 3.63) is 63.5 Å². The standard InChI is InChI=1S/C18H12BrClN4O2/c1-26-16-4-3-13(7-15(16)20)23-18(25)11(8-21)6-14-9-22-17-5-2-12(19)10-24(14)17/h2-7,9-10H,1H3,(H,23,25). The van der Waals surface area contributed by atoms with E-state index in [1.54, 1.807) is 28.8 Å². The van der Waals surface area contributed by atoms with Crippen molar-refractivity contribution in [1.82, 2.24) is 9.38 Å². The minimum atomic E-state index is -0.543. The molecule has 3 aromatic rings. The number of anilines is 1. The van der Waals surface area contributed by atoms with E-state index in [1.165, 1.54) is 13.2 Å². The Morgan fingerprint density at radius 1 is 1.42 bits per heavy atom. The molecule has 2 aromatic heterocycles. The molecule has 2 heterocycles. The van der Waals surface area contributed by atoms with E-state index in [0.717, 1.165) is 4.47 Å². The van der Waals surface area contributed by atoms with E-state index in [0.29, 0.717) is 27.8 Å². The molecule has 0 aliphatic heterocycles. The number of nitriles is 1. The van der Waals surface area contributed by atoms with Crippen LogP contribution < -0.4 is 10.1 Å². The van der Waals surface area contributed by atoms with Gasteiger partial charge in [0.05, 0.1) is 24.0 Å². The number of amides is 1. The molecular formula is C18H12BrClN4O2. The third-order valence-corrected chi connectivity index (χ3v) is 4.33. The van der Waals surface area contributed by atoms with Crippen molar-refractivity contribution in [2.24, 2.45) is 0 Å². The highest BCUT2D eigenvalue weighted by atomic mass is 79.9. The van der Waals surface area contributed by atoms with Crippen LogP contribution in [0.2, 0.25) is 5.02 Å². The van der Waals surface area contributed by atoms with Gasteiger partial charge in [-0.05, 0) is 52.3 Å². The number of pyridine rings is 1. The maximum Gasteiger partial charge on any atom is 0.266 e. The van der Waals surface area contributed by atoms with Crippen molar-refractivity contribution < 1.29 is 9.53 Å². The normalized spacial score (nSPS) is 11.2. The molecule has 26 heavy (non-hydrogen) atoms. The number of rotatable bonds is 4. The summed E-state index contributed by atoms with van der Waals surface area (Å²) in [5, 5.41) is 12.4. The molecule has 0 saturated heterocycles. The molecule has 0 unspecified atom stereocenters. The van der Waals surface area contributed by atoms with Crippen molar-refractivity contribution in [3.8, 4) is 11.8 Å². The topological polar surface area (TPSA) is 79.4 Å². The first-order valence-electron chi connectivity index (χ1n) is 7.41. The number of nitrogens with zero attached hydrogens (tertiary/aromatic N) is 3. The molecule has 0 atom stereocenters. The first kappa shape index (κ1) is 18.0. The number of fused-ring (bicyclic) bond motifs is 1. The number of nitrogens with one attached hydrogen (secondary N) is 1. The fourth-order valence-corrected chi connectivity index (χ4v) is 2.91. The molecule has 0 saturated carbocycles. The smallest absolute Gasteiger partial charge is 0.266 e. The minimum Gasteiger partial charge on any atom is -0.495 e. The van der Waals surface area contributed by atoms with Gasteiger partial charge in [-0.3, -0.25) is 9.20 Å². The van der Waals surface area contributed by atoms with Gasteiger partial charge in [-0.2, -0.15) is 5.26 Å². The number of benzene rings is 1. The van der Waals surface area contributed by atoms with Gasteiger partial charge in [0, 0.05) is 16.4 Å². The molecular weight excluding hydrogens is 420 g/mol. The number of hydrogen-bond acceptors (Lipinski definition) is 4. The Hall–Kier alpha value is -2.82. The summed E-state index contributed by atoms with van der Waals surface area (Å²) in [6, 6.07) is 10.4. The molecule has 0 bridgehead atoms. The van der Waals surface area contributed by atoms with Crippen LogP contribution >= 0.6 is 27.5 Å². The Kier molecular flexibility index (Phi) is 5.26. The monoisotopic (exact) mass is 430 g/mol. The lowest BCUT2D eigenvalue weighted by Crippen LogP contribution is -2.13. The van der Waals surface area contributed by atoms with E-state index in [9.17, 15) is 10.1 Å². The van der Waals surface area contributed by atoms with Gasteiger partial charge in [-0.15, -0.1) is 0 Å². The Balaban J connectivity index is 1.89. The average Bonchev–Trinajstić information content (AvgIpc) is 3.01. The van der Waals surface area contributed by atoms with Crippen LogP contribution in [0.4, 0.5) is 5.69 Å². The van der Waals surface area contributed by atoms with Crippen LogP contribution in [0.3, 0.4) is 0 Å². The van der Waals surface area contributed by atoms with Crippen molar-refractivity contribution in [2.75, 3.05) is 12.4 Å². The number of carbonyl (C=O) groups excluding carboxylic acids is 1. The largest absolute Gasteiger partial charge is 0.495 e. The molecule has 1 amide bonds. The first-order valence-corrected chi connectivity index (χ1v) is 8.58. The van der Waals surface area contributed by atoms with Crippen molar-refractivity contribution >= 4 is 50.8 Å². The first-order chi connectivity index (χ1) is 12.5. The van der Waals surface area contributed by atoms with Crippen LogP contribution in [0.1, 0.15) is 5.69 Å². The van der Waals surface area contributed by atoms with Crippen LogP contribution in [0.5, 0.6) is 5.75 Å². The predicted molar refractivity (Wildman–Crippen MR) is 103 cm³/mol. The zero-order valence-corrected chi connectivity index (χ0v) is 15.9. The van der Waals surface area contributed by atoms with Gasteiger partial charge in [0.25, 0.3) is 5.91 Å². The fourth-order valence-electron chi connectivity index (χ4n) is 2.32. The molecule has 0 radical (unpaired) electrons. The van der Waals surface area contributed by atoms with Crippen molar-refractivity contribution in [1.29, 1.82) is 5.26 Å². The zero-order chi connectivity index (χ0) is 18.7. The third kappa shape index (κ3) is 3.72. The van der Waals surface area contributed by atoms with Crippen LogP contribution in [-0.4, -0.2) is 22.4 Å². The quantitative estimate of drug-likeness (QED) is 0.493. The zero-order valence-electron chi connectivity index (χ0n) is 13.5. The summed E-state index contributed by atoms with van der Waals surface area (Å²) in [5.41, 5.74) is 1.72. The number of imidazole rings is 1. The van der Waals surface area contributed by atoms with Gasteiger partial charge in [-0.25, -0.2) is 4.98 Å². The molecule has 8 heteroatoms. The lowest BCUT2D eigenvalue weighted by molar-refractivity contribution is -0.112. The van der Waals surface area contributed by atoms with Crippen LogP contribution in [-0.2, 0) is 4.79 Å². The van der Waals surface area contributed by atoms with E-state index in [1.807, 2.05) is 24.4 Å². The summed E-state index contributed by atoms with van der Waals surface area (Å²) >= 11 is 9.44. The molecule has 0 spiro atoms. The van der Waals surface area contributed by atoms with Gasteiger partial charge < -0.3 is 10.1 Å². The number of carbonyl (C=O) groups is 1. The molecule has 1 aromatic carbocycles. The van der Waals surface area contributed by atoms with Gasteiger partial charge in [0.2, 0.25) is 0 Å². The van der Waals surface area contributed by atoms with Crippen molar-refractivity contribution in [2.45, 2.75) is 0 Å². The van der Waals surface area contributed by atoms with E-state index < -0.39 is 5.91 Å². The highest BCUT2D eigenvalue weighted by molar-refractivity contribution is 9.10. The Labute approximate surface area is 162 Å². The molecule has 0 aliphatic carbocycles. The Morgan fingerprint density at radius 2 is 2.23 bits per heavy atom. The molecule has 1 N–H and O–H groups in total. The summed E-state index contributed by atoms with van der Waals surface area (Å²) in [6.45, 7) is 0. The summed E-state index contributed by atoms with van der Waals surface area (Å²) < 4.78 is 7.70. The molecule has 3 rings (SSSR count). The summed E-state index contributed by atoms with van der Waals surface area (Å²) in [6.07, 6.45) is 4.88. The van der Waals surface area contributed by atoms with Gasteiger partial charge in [-0.1, -0.05) is 11.6 Å². The van der Waals surface area contributed by atoms with Crippen molar-refractivity contribution in [3.63, 3.8) is 0 Å². The maximum absolute atomic E-state index is 12.4. The second-order valence-electron chi connectivity index (χ2n) is 5.23. The highest BCUT2D eigenvalue weighted by Gasteiger charge is 2.12. The predicted octanol–water partition coefficient (Wildman–Crippen LogP) is 4.30. The molecule has 0 fully saturated rings. The molecule has 130 valence electrons. The Bertz CT molecular complexity index is 1070. The van der Waals surface area contributed by atoms with Crippen LogP contribution in [0.25, 0.3) is 11.7 Å². The summed E-state index contributed by atoms with van der Waals surface area (Å²) in [5.74, 6) is -0.0456. The molecule has 6 nitrogen and oxygen atoms in total. The second-order valence-corrected chi connectivity index (χ2v) is 6.55. The van der Waals surface area contributed by atoms with E-state index in [2.05, 4.69) is 26.2 Å². The average molecular weight is 432 g/mol. The number of methoxy groups -OCH3 is 1.